The first-order valence-electron chi connectivity index (χ1n) is 7.66. The zero-order chi connectivity index (χ0) is 16.0. The summed E-state index contributed by atoms with van der Waals surface area (Å²) in [6.45, 7) is 1.42. The van der Waals surface area contributed by atoms with Crippen LogP contribution in [-0.4, -0.2) is 51.4 Å². The highest BCUT2D eigenvalue weighted by atomic mass is 127. The lowest BCUT2D eigenvalue weighted by Crippen LogP contribution is -2.40. The van der Waals surface area contributed by atoms with Crippen LogP contribution in [0.4, 0.5) is 0 Å². The molecule has 1 saturated heterocycles. The number of benzene rings is 1. The quantitative estimate of drug-likeness (QED) is 0.433. The van der Waals surface area contributed by atoms with Crippen molar-refractivity contribution in [3.63, 3.8) is 0 Å². The largest absolute Gasteiger partial charge is 0.356 e. The van der Waals surface area contributed by atoms with E-state index in [-0.39, 0.29) is 24.0 Å². The van der Waals surface area contributed by atoms with E-state index in [1.807, 2.05) is 37.2 Å². The molecule has 7 heteroatoms. The predicted octanol–water partition coefficient (Wildman–Crippen LogP) is 2.14. The van der Waals surface area contributed by atoms with E-state index in [0.29, 0.717) is 24.0 Å². The third kappa shape index (κ3) is 7.07. The molecule has 0 bridgehead atoms. The van der Waals surface area contributed by atoms with Crippen molar-refractivity contribution in [2.24, 2.45) is 10.9 Å². The van der Waals surface area contributed by atoms with E-state index in [4.69, 9.17) is 0 Å². The smallest absolute Gasteiger partial charge is 0.193 e. The molecule has 1 aliphatic heterocycles. The molecule has 1 N–H and O–H groups in total. The van der Waals surface area contributed by atoms with Crippen LogP contribution in [0.25, 0.3) is 0 Å². The van der Waals surface area contributed by atoms with Crippen molar-refractivity contribution in [2.45, 2.75) is 19.4 Å². The fraction of sp³-hybridized carbons (Fsp3) is 0.562. The van der Waals surface area contributed by atoms with Crippen molar-refractivity contribution < 1.29 is 8.42 Å². The Kier molecular flexibility index (Phi) is 8.32. The summed E-state index contributed by atoms with van der Waals surface area (Å²) >= 11 is 0. The minimum absolute atomic E-state index is 0. The molecule has 0 amide bonds. The Bertz CT molecular complexity index is 589. The molecule has 1 aromatic rings. The van der Waals surface area contributed by atoms with Crippen molar-refractivity contribution in [3.8, 4) is 0 Å². The highest BCUT2D eigenvalue weighted by Crippen LogP contribution is 2.17. The van der Waals surface area contributed by atoms with E-state index >= 15 is 0 Å². The summed E-state index contributed by atoms with van der Waals surface area (Å²) < 4.78 is 22.9. The second-order valence-electron chi connectivity index (χ2n) is 6.00. The summed E-state index contributed by atoms with van der Waals surface area (Å²) in [5.41, 5.74) is 1.17. The number of aliphatic imine (C=N–C) groups is 1. The first-order valence-corrected chi connectivity index (χ1v) is 9.48. The first kappa shape index (κ1) is 20.2. The van der Waals surface area contributed by atoms with E-state index in [9.17, 15) is 8.42 Å². The molecular weight excluding hydrogens is 425 g/mol. The van der Waals surface area contributed by atoms with Crippen LogP contribution in [-0.2, 0) is 16.4 Å². The molecule has 1 aliphatic rings. The standard InChI is InChI=1S/C16H25N3O2S.HI/c1-19(2)16(17-12-14-6-4-3-5-7-14)18-13-15-8-10-22(20,21)11-9-15;/h3-7,15H,8-13H2,1-2H3,(H,17,18);1H. The van der Waals surface area contributed by atoms with E-state index < -0.39 is 9.84 Å². The molecule has 2 rings (SSSR count). The van der Waals surface area contributed by atoms with Gasteiger partial charge >= 0.3 is 0 Å². The second-order valence-corrected chi connectivity index (χ2v) is 8.30. The highest BCUT2D eigenvalue weighted by Gasteiger charge is 2.23. The lowest BCUT2D eigenvalue weighted by Gasteiger charge is -2.25. The summed E-state index contributed by atoms with van der Waals surface area (Å²) in [6.07, 6.45) is 1.49. The number of hydrogen-bond donors (Lipinski definition) is 1. The molecule has 1 heterocycles. The summed E-state index contributed by atoms with van der Waals surface area (Å²) in [6, 6.07) is 10.1. The van der Waals surface area contributed by atoms with Gasteiger partial charge in [0.25, 0.3) is 0 Å². The van der Waals surface area contributed by atoms with Crippen molar-refractivity contribution in [3.05, 3.63) is 35.9 Å². The van der Waals surface area contributed by atoms with Gasteiger partial charge in [-0.15, -0.1) is 24.0 Å². The number of nitrogens with one attached hydrogen (secondary N) is 1. The Balaban J connectivity index is 0.00000264. The van der Waals surface area contributed by atoms with E-state index in [0.717, 1.165) is 25.3 Å². The van der Waals surface area contributed by atoms with Crippen LogP contribution in [0.5, 0.6) is 0 Å². The van der Waals surface area contributed by atoms with Gasteiger partial charge in [0.05, 0.1) is 18.1 Å². The summed E-state index contributed by atoms with van der Waals surface area (Å²) in [7, 11) is 1.14. The Hall–Kier alpha value is -0.830. The Morgan fingerprint density at radius 3 is 2.39 bits per heavy atom. The maximum Gasteiger partial charge on any atom is 0.193 e. The van der Waals surface area contributed by atoms with Gasteiger partial charge in [-0.25, -0.2) is 13.4 Å². The van der Waals surface area contributed by atoms with Crippen molar-refractivity contribution in [1.82, 2.24) is 10.2 Å². The SMILES string of the molecule is CN(C)C(=NCc1ccccc1)NCC1CCS(=O)(=O)CC1.I. The summed E-state index contributed by atoms with van der Waals surface area (Å²) in [5.74, 6) is 1.89. The maximum atomic E-state index is 11.4. The minimum atomic E-state index is -2.79. The molecule has 23 heavy (non-hydrogen) atoms. The summed E-state index contributed by atoms with van der Waals surface area (Å²) in [4.78, 5) is 6.58. The van der Waals surface area contributed by atoms with E-state index in [1.165, 1.54) is 5.56 Å². The first-order chi connectivity index (χ1) is 10.5. The Morgan fingerprint density at radius 2 is 1.83 bits per heavy atom. The number of guanidine groups is 1. The number of halogens is 1. The van der Waals surface area contributed by atoms with Crippen LogP contribution in [0, 0.1) is 5.92 Å². The third-order valence-electron chi connectivity index (χ3n) is 3.90. The number of rotatable bonds is 4. The maximum absolute atomic E-state index is 11.4. The van der Waals surface area contributed by atoms with Crippen molar-refractivity contribution in [2.75, 3.05) is 32.1 Å². The van der Waals surface area contributed by atoms with Crippen LogP contribution in [0.3, 0.4) is 0 Å². The molecule has 5 nitrogen and oxygen atoms in total. The van der Waals surface area contributed by atoms with E-state index in [2.05, 4.69) is 22.4 Å². The molecule has 1 aromatic carbocycles. The lowest BCUT2D eigenvalue weighted by molar-refractivity contribution is 0.447. The molecule has 0 aliphatic carbocycles. The normalized spacial score (nSPS) is 18.1. The molecule has 0 radical (unpaired) electrons. The van der Waals surface area contributed by atoms with Gasteiger partial charge in [0.2, 0.25) is 0 Å². The molecular formula is C16H26IN3O2S. The van der Waals surface area contributed by atoms with Crippen LogP contribution in [0.1, 0.15) is 18.4 Å². The fourth-order valence-electron chi connectivity index (χ4n) is 2.48. The third-order valence-corrected chi connectivity index (χ3v) is 5.62. The van der Waals surface area contributed by atoms with Crippen LogP contribution >= 0.6 is 24.0 Å². The monoisotopic (exact) mass is 451 g/mol. The minimum Gasteiger partial charge on any atom is -0.356 e. The average molecular weight is 451 g/mol. The second kappa shape index (κ2) is 9.46. The number of hydrogen-bond acceptors (Lipinski definition) is 3. The lowest BCUT2D eigenvalue weighted by atomic mass is 10.0. The zero-order valence-corrected chi connectivity index (χ0v) is 16.9. The van der Waals surface area contributed by atoms with Gasteiger partial charge < -0.3 is 10.2 Å². The molecule has 0 saturated carbocycles. The van der Waals surface area contributed by atoms with Crippen LogP contribution in [0.2, 0.25) is 0 Å². The zero-order valence-electron chi connectivity index (χ0n) is 13.7. The van der Waals surface area contributed by atoms with Gasteiger partial charge in [0.15, 0.2) is 5.96 Å². The van der Waals surface area contributed by atoms with Crippen molar-refractivity contribution in [1.29, 1.82) is 0 Å². The van der Waals surface area contributed by atoms with Gasteiger partial charge in [0, 0.05) is 20.6 Å². The van der Waals surface area contributed by atoms with Gasteiger partial charge in [-0.05, 0) is 24.3 Å². The molecule has 0 unspecified atom stereocenters. The van der Waals surface area contributed by atoms with Crippen LogP contribution < -0.4 is 5.32 Å². The van der Waals surface area contributed by atoms with Gasteiger partial charge in [-0.3, -0.25) is 0 Å². The van der Waals surface area contributed by atoms with Crippen LogP contribution in [0.15, 0.2) is 35.3 Å². The van der Waals surface area contributed by atoms with Gasteiger partial charge in [-0.1, -0.05) is 30.3 Å². The predicted molar refractivity (Wildman–Crippen MR) is 106 cm³/mol. The van der Waals surface area contributed by atoms with Crippen molar-refractivity contribution >= 4 is 39.8 Å². The van der Waals surface area contributed by atoms with Gasteiger partial charge in [-0.2, -0.15) is 0 Å². The average Bonchev–Trinajstić information content (AvgIpc) is 2.49. The van der Waals surface area contributed by atoms with E-state index in [1.54, 1.807) is 0 Å². The molecule has 0 spiro atoms. The molecule has 1 fully saturated rings. The number of sulfone groups is 1. The fourth-order valence-corrected chi connectivity index (χ4v) is 4.07. The molecule has 130 valence electrons. The highest BCUT2D eigenvalue weighted by molar-refractivity contribution is 14.0. The Labute approximate surface area is 156 Å². The Morgan fingerprint density at radius 1 is 1.22 bits per heavy atom. The molecule has 0 atom stereocenters. The summed E-state index contributed by atoms with van der Waals surface area (Å²) in [5, 5.41) is 3.37. The number of nitrogens with zero attached hydrogens (tertiary/aromatic N) is 2. The topological polar surface area (TPSA) is 61.8 Å². The molecule has 0 aromatic heterocycles. The van der Waals surface area contributed by atoms with Gasteiger partial charge in [0.1, 0.15) is 9.84 Å².